The van der Waals surface area contributed by atoms with Gasteiger partial charge in [-0.2, -0.15) is 18.2 Å². The third-order valence-corrected chi connectivity index (χ3v) is 4.43. The zero-order valence-electron chi connectivity index (χ0n) is 13.8. The molecule has 3 heterocycles. The zero-order valence-corrected chi connectivity index (χ0v) is 14.5. The van der Waals surface area contributed by atoms with Crippen LogP contribution in [-0.4, -0.2) is 46.1 Å². The lowest BCUT2D eigenvalue weighted by Crippen LogP contribution is -2.38. The molecule has 1 aliphatic heterocycles. The maximum Gasteiger partial charge on any atom is 0.418 e. The lowest BCUT2D eigenvalue weighted by Gasteiger charge is -2.26. The Morgan fingerprint density at radius 3 is 2.67 bits per heavy atom. The van der Waals surface area contributed by atoms with Gasteiger partial charge in [0.15, 0.2) is 5.65 Å². The highest BCUT2D eigenvalue weighted by Gasteiger charge is 2.34. The van der Waals surface area contributed by atoms with Gasteiger partial charge < -0.3 is 9.64 Å². The standard InChI is InChI=1S/C16H13ClF3N5O2/c17-9-1-2-12(11(7-9)16(18,19)20)25-8-10-13(23-25)21-15(22-14(10)26)24-3-5-27-6-4-24/h1-2,7-8H,3-6H2,(H,21,22,23,26). The largest absolute Gasteiger partial charge is 0.418 e. The number of aromatic nitrogens is 4. The van der Waals surface area contributed by atoms with Gasteiger partial charge in [0.1, 0.15) is 5.39 Å². The number of morpholine rings is 1. The van der Waals surface area contributed by atoms with Crippen LogP contribution < -0.4 is 10.5 Å². The van der Waals surface area contributed by atoms with E-state index >= 15 is 0 Å². The van der Waals surface area contributed by atoms with Crippen LogP contribution in [0.25, 0.3) is 16.7 Å². The zero-order chi connectivity index (χ0) is 19.2. The molecule has 27 heavy (non-hydrogen) atoms. The number of nitrogens with zero attached hydrogens (tertiary/aromatic N) is 4. The Labute approximate surface area is 155 Å². The number of halogens is 4. The van der Waals surface area contributed by atoms with Gasteiger partial charge in [0, 0.05) is 24.3 Å². The second-order valence-corrected chi connectivity index (χ2v) is 6.40. The first-order valence-corrected chi connectivity index (χ1v) is 8.40. The van der Waals surface area contributed by atoms with Gasteiger partial charge in [-0.05, 0) is 18.2 Å². The lowest BCUT2D eigenvalue weighted by atomic mass is 10.1. The summed E-state index contributed by atoms with van der Waals surface area (Å²) in [5.41, 5.74) is -1.61. The van der Waals surface area contributed by atoms with Crippen molar-refractivity contribution in [1.82, 2.24) is 19.7 Å². The second kappa shape index (κ2) is 6.54. The van der Waals surface area contributed by atoms with Crippen LogP contribution in [0.15, 0.2) is 29.2 Å². The molecule has 0 amide bonds. The van der Waals surface area contributed by atoms with Crippen LogP contribution in [0.5, 0.6) is 0 Å². The highest BCUT2D eigenvalue weighted by molar-refractivity contribution is 6.30. The predicted molar refractivity (Wildman–Crippen MR) is 92.5 cm³/mol. The predicted octanol–water partition coefficient (Wildman–Crippen LogP) is 2.62. The number of ether oxygens (including phenoxy) is 1. The molecule has 1 N–H and O–H groups in total. The molecular weight excluding hydrogens is 387 g/mol. The van der Waals surface area contributed by atoms with Crippen LogP contribution in [0.2, 0.25) is 5.02 Å². The van der Waals surface area contributed by atoms with E-state index in [4.69, 9.17) is 16.3 Å². The average molecular weight is 400 g/mol. The van der Waals surface area contributed by atoms with E-state index in [0.29, 0.717) is 32.3 Å². The van der Waals surface area contributed by atoms with Crippen molar-refractivity contribution in [1.29, 1.82) is 0 Å². The molecule has 0 unspecified atom stereocenters. The van der Waals surface area contributed by atoms with Gasteiger partial charge in [-0.1, -0.05) is 11.6 Å². The van der Waals surface area contributed by atoms with Crippen LogP contribution in [0.1, 0.15) is 5.56 Å². The molecular formula is C16H13ClF3N5O2. The summed E-state index contributed by atoms with van der Waals surface area (Å²) in [4.78, 5) is 21.1. The fourth-order valence-electron chi connectivity index (χ4n) is 2.89. The number of hydrogen-bond acceptors (Lipinski definition) is 5. The molecule has 0 spiro atoms. The number of rotatable bonds is 2. The van der Waals surface area contributed by atoms with Gasteiger partial charge in [-0.3, -0.25) is 9.78 Å². The minimum atomic E-state index is -4.63. The Kier molecular flexibility index (Phi) is 4.31. The van der Waals surface area contributed by atoms with E-state index in [9.17, 15) is 18.0 Å². The highest BCUT2D eigenvalue weighted by atomic mass is 35.5. The molecule has 4 rings (SSSR count). The minimum absolute atomic E-state index is 0.0478. The summed E-state index contributed by atoms with van der Waals surface area (Å²) in [5, 5.41) is 4.13. The quantitative estimate of drug-likeness (QED) is 0.717. The smallest absolute Gasteiger partial charge is 0.378 e. The molecule has 1 fully saturated rings. The molecule has 11 heteroatoms. The van der Waals surface area contributed by atoms with Gasteiger partial charge in [-0.15, -0.1) is 5.10 Å². The van der Waals surface area contributed by atoms with Crippen LogP contribution in [0, 0.1) is 0 Å². The molecule has 3 aromatic rings. The molecule has 0 atom stereocenters. The molecule has 0 radical (unpaired) electrons. The van der Waals surface area contributed by atoms with Gasteiger partial charge in [0.05, 0.1) is 24.5 Å². The van der Waals surface area contributed by atoms with E-state index in [-0.39, 0.29) is 21.7 Å². The van der Waals surface area contributed by atoms with E-state index in [1.807, 2.05) is 4.90 Å². The van der Waals surface area contributed by atoms with Crippen molar-refractivity contribution in [2.24, 2.45) is 0 Å². The van der Waals surface area contributed by atoms with Crippen molar-refractivity contribution >= 4 is 28.6 Å². The maximum atomic E-state index is 13.4. The van der Waals surface area contributed by atoms with Gasteiger partial charge in [0.25, 0.3) is 5.56 Å². The number of alkyl halides is 3. The first-order chi connectivity index (χ1) is 12.8. The summed E-state index contributed by atoms with van der Waals surface area (Å²) < 4.78 is 46.3. The monoisotopic (exact) mass is 399 g/mol. The molecule has 2 aromatic heterocycles. The summed E-state index contributed by atoms with van der Waals surface area (Å²) in [6.07, 6.45) is -3.40. The first kappa shape index (κ1) is 17.8. The summed E-state index contributed by atoms with van der Waals surface area (Å²) in [5.74, 6) is 0.313. The Morgan fingerprint density at radius 2 is 1.96 bits per heavy atom. The number of anilines is 1. The Balaban J connectivity index is 1.83. The van der Waals surface area contributed by atoms with Crippen LogP contribution in [0.3, 0.4) is 0 Å². The van der Waals surface area contributed by atoms with Crippen molar-refractivity contribution in [2.75, 3.05) is 31.2 Å². The number of fused-ring (bicyclic) bond motifs is 1. The SMILES string of the molecule is O=c1[nH]c(N2CCOCC2)nc2nn(-c3ccc(Cl)cc3C(F)(F)F)cc12. The second-order valence-electron chi connectivity index (χ2n) is 5.96. The lowest BCUT2D eigenvalue weighted by molar-refractivity contribution is -0.137. The number of hydrogen-bond donors (Lipinski definition) is 1. The van der Waals surface area contributed by atoms with E-state index in [2.05, 4.69) is 15.1 Å². The highest BCUT2D eigenvalue weighted by Crippen LogP contribution is 2.35. The van der Waals surface area contributed by atoms with Crippen molar-refractivity contribution < 1.29 is 17.9 Å². The molecule has 7 nitrogen and oxygen atoms in total. The van der Waals surface area contributed by atoms with Crippen LogP contribution >= 0.6 is 11.6 Å². The number of H-pyrrole nitrogens is 1. The topological polar surface area (TPSA) is 76.0 Å². The maximum absolute atomic E-state index is 13.4. The summed E-state index contributed by atoms with van der Waals surface area (Å²) in [7, 11) is 0. The Morgan fingerprint density at radius 1 is 1.22 bits per heavy atom. The van der Waals surface area contributed by atoms with E-state index < -0.39 is 17.3 Å². The molecule has 1 aromatic carbocycles. The van der Waals surface area contributed by atoms with Gasteiger partial charge in [-0.25, -0.2) is 4.68 Å². The third kappa shape index (κ3) is 3.37. The number of nitrogens with one attached hydrogen (secondary N) is 1. The fourth-order valence-corrected chi connectivity index (χ4v) is 3.06. The molecule has 0 aliphatic carbocycles. The van der Waals surface area contributed by atoms with Crippen molar-refractivity contribution in [2.45, 2.75) is 6.18 Å². The Hall–Kier alpha value is -2.59. The normalized spacial score (nSPS) is 15.5. The average Bonchev–Trinajstić information content (AvgIpc) is 3.06. The number of aromatic amines is 1. The molecule has 0 bridgehead atoms. The first-order valence-electron chi connectivity index (χ1n) is 8.02. The molecule has 1 aliphatic rings. The Bertz CT molecular complexity index is 1060. The van der Waals surface area contributed by atoms with Gasteiger partial charge >= 0.3 is 6.18 Å². The fraction of sp³-hybridized carbons (Fsp3) is 0.312. The molecule has 1 saturated heterocycles. The third-order valence-electron chi connectivity index (χ3n) is 4.20. The van der Waals surface area contributed by atoms with Crippen LogP contribution in [0.4, 0.5) is 19.1 Å². The van der Waals surface area contributed by atoms with Crippen molar-refractivity contribution in [3.8, 4) is 5.69 Å². The summed E-state index contributed by atoms with van der Waals surface area (Å²) in [6, 6.07) is 3.35. The molecule has 142 valence electrons. The molecule has 0 saturated carbocycles. The summed E-state index contributed by atoms with van der Waals surface area (Å²) in [6.45, 7) is 2.08. The van der Waals surface area contributed by atoms with Crippen LogP contribution in [-0.2, 0) is 10.9 Å². The number of benzene rings is 1. The van der Waals surface area contributed by atoms with E-state index in [0.717, 1.165) is 10.7 Å². The summed E-state index contributed by atoms with van der Waals surface area (Å²) >= 11 is 5.71. The minimum Gasteiger partial charge on any atom is -0.378 e. The van der Waals surface area contributed by atoms with Gasteiger partial charge in [0.2, 0.25) is 5.95 Å². The van der Waals surface area contributed by atoms with E-state index in [1.165, 1.54) is 18.3 Å². The van der Waals surface area contributed by atoms with E-state index in [1.54, 1.807) is 0 Å². The van der Waals surface area contributed by atoms with Crippen molar-refractivity contribution in [3.63, 3.8) is 0 Å². The van der Waals surface area contributed by atoms with Crippen molar-refractivity contribution in [3.05, 3.63) is 45.3 Å².